The molecule has 6 heteroatoms. The van der Waals surface area contributed by atoms with E-state index in [1.54, 1.807) is 0 Å². The highest BCUT2D eigenvalue weighted by Gasteiger charge is 2.53. The maximum atomic E-state index is 12.6. The predicted octanol–water partition coefficient (Wildman–Crippen LogP) is 2.14. The first-order valence-corrected chi connectivity index (χ1v) is 8.12. The molecule has 0 aromatic heterocycles. The SMILES string of the molecule is CCCOC(=O)C1(C(=O)OC2CCCCC2)CCOC(=O)C1. The maximum absolute atomic E-state index is 12.6. The molecule has 2 rings (SSSR count). The van der Waals surface area contributed by atoms with Gasteiger partial charge in [-0.2, -0.15) is 0 Å². The van der Waals surface area contributed by atoms with Crippen molar-refractivity contribution in [2.45, 2.75) is 64.4 Å². The number of hydrogen-bond donors (Lipinski definition) is 0. The summed E-state index contributed by atoms with van der Waals surface area (Å²) in [6.07, 6.45) is 5.16. The van der Waals surface area contributed by atoms with Crippen LogP contribution in [0.4, 0.5) is 0 Å². The van der Waals surface area contributed by atoms with Gasteiger partial charge >= 0.3 is 17.9 Å². The normalized spacial score (nSPS) is 26.1. The topological polar surface area (TPSA) is 78.9 Å². The zero-order valence-electron chi connectivity index (χ0n) is 13.1. The highest BCUT2D eigenvalue weighted by molar-refractivity contribution is 6.03. The van der Waals surface area contributed by atoms with Crippen LogP contribution in [-0.2, 0) is 28.6 Å². The Kier molecular flexibility index (Phi) is 5.80. The number of rotatable bonds is 5. The van der Waals surface area contributed by atoms with Gasteiger partial charge in [-0.3, -0.25) is 14.4 Å². The number of esters is 3. The Morgan fingerprint density at radius 1 is 1.23 bits per heavy atom. The zero-order valence-corrected chi connectivity index (χ0v) is 13.1. The third-order valence-corrected chi connectivity index (χ3v) is 4.28. The molecule has 1 saturated carbocycles. The minimum Gasteiger partial charge on any atom is -0.466 e. The van der Waals surface area contributed by atoms with E-state index in [0.717, 1.165) is 32.1 Å². The smallest absolute Gasteiger partial charge is 0.324 e. The fourth-order valence-electron chi connectivity index (χ4n) is 2.94. The molecular weight excluding hydrogens is 288 g/mol. The summed E-state index contributed by atoms with van der Waals surface area (Å²) >= 11 is 0. The molecule has 0 amide bonds. The Morgan fingerprint density at radius 2 is 1.95 bits per heavy atom. The van der Waals surface area contributed by atoms with E-state index in [4.69, 9.17) is 14.2 Å². The first kappa shape index (κ1) is 16.8. The minimum absolute atomic E-state index is 0.0415. The molecule has 1 atom stereocenters. The summed E-state index contributed by atoms with van der Waals surface area (Å²) in [7, 11) is 0. The number of ether oxygens (including phenoxy) is 3. The van der Waals surface area contributed by atoms with Gasteiger partial charge in [-0.05, 0) is 32.1 Å². The average Bonchev–Trinajstić information content (AvgIpc) is 2.53. The molecule has 0 N–H and O–H groups in total. The fraction of sp³-hybridized carbons (Fsp3) is 0.812. The lowest BCUT2D eigenvalue weighted by Gasteiger charge is -2.33. The Labute approximate surface area is 130 Å². The van der Waals surface area contributed by atoms with Crippen molar-refractivity contribution in [1.29, 1.82) is 0 Å². The van der Waals surface area contributed by atoms with E-state index in [1.165, 1.54) is 0 Å². The lowest BCUT2D eigenvalue weighted by molar-refractivity contribution is -0.188. The second kappa shape index (κ2) is 7.61. The van der Waals surface area contributed by atoms with Crippen LogP contribution in [0.25, 0.3) is 0 Å². The third-order valence-electron chi connectivity index (χ3n) is 4.28. The van der Waals surface area contributed by atoms with Crippen molar-refractivity contribution in [3.8, 4) is 0 Å². The molecule has 2 aliphatic rings. The Morgan fingerprint density at radius 3 is 2.59 bits per heavy atom. The van der Waals surface area contributed by atoms with Gasteiger partial charge in [-0.25, -0.2) is 0 Å². The molecule has 0 aromatic carbocycles. The molecule has 0 aromatic rings. The predicted molar refractivity (Wildman–Crippen MR) is 76.8 cm³/mol. The monoisotopic (exact) mass is 312 g/mol. The van der Waals surface area contributed by atoms with Crippen LogP contribution in [-0.4, -0.2) is 37.2 Å². The molecule has 1 unspecified atom stereocenters. The minimum atomic E-state index is -1.53. The van der Waals surface area contributed by atoms with Gasteiger partial charge in [0.1, 0.15) is 6.10 Å². The van der Waals surface area contributed by atoms with Gasteiger partial charge < -0.3 is 14.2 Å². The summed E-state index contributed by atoms with van der Waals surface area (Å²) in [6.45, 7) is 2.14. The van der Waals surface area contributed by atoms with Gasteiger partial charge in [-0.15, -0.1) is 0 Å². The van der Waals surface area contributed by atoms with Crippen molar-refractivity contribution < 1.29 is 28.6 Å². The molecule has 0 radical (unpaired) electrons. The number of carbonyl (C=O) groups excluding carboxylic acids is 3. The highest BCUT2D eigenvalue weighted by Crippen LogP contribution is 2.36. The van der Waals surface area contributed by atoms with Crippen molar-refractivity contribution in [2.24, 2.45) is 5.41 Å². The summed E-state index contributed by atoms with van der Waals surface area (Å²) in [4.78, 5) is 36.6. The molecule has 1 aliphatic heterocycles. The third kappa shape index (κ3) is 3.78. The molecule has 6 nitrogen and oxygen atoms in total. The summed E-state index contributed by atoms with van der Waals surface area (Å²) in [5.41, 5.74) is -1.53. The number of carbonyl (C=O) groups is 3. The molecule has 1 aliphatic carbocycles. The van der Waals surface area contributed by atoms with Crippen LogP contribution in [0.3, 0.4) is 0 Å². The second-order valence-electron chi connectivity index (χ2n) is 6.03. The molecule has 0 spiro atoms. The second-order valence-corrected chi connectivity index (χ2v) is 6.03. The fourth-order valence-corrected chi connectivity index (χ4v) is 2.94. The van der Waals surface area contributed by atoms with Crippen LogP contribution in [0.5, 0.6) is 0 Å². The van der Waals surface area contributed by atoms with Crippen molar-refractivity contribution >= 4 is 17.9 Å². The molecule has 1 saturated heterocycles. The standard InChI is InChI=1S/C16H24O6/c1-2-9-21-14(18)16(8-10-20-13(17)11-16)15(19)22-12-6-4-3-5-7-12/h12H,2-11H2,1H3. The van der Waals surface area contributed by atoms with Crippen molar-refractivity contribution in [3.63, 3.8) is 0 Å². The van der Waals surface area contributed by atoms with Gasteiger partial charge in [-0.1, -0.05) is 13.3 Å². The van der Waals surface area contributed by atoms with Crippen molar-refractivity contribution in [1.82, 2.24) is 0 Å². The molecule has 2 fully saturated rings. The van der Waals surface area contributed by atoms with Gasteiger partial charge in [0.05, 0.1) is 19.6 Å². The van der Waals surface area contributed by atoms with Crippen LogP contribution < -0.4 is 0 Å². The van der Waals surface area contributed by atoms with E-state index in [9.17, 15) is 14.4 Å². The van der Waals surface area contributed by atoms with Gasteiger partial charge in [0, 0.05) is 6.42 Å². The quantitative estimate of drug-likeness (QED) is 0.439. The lowest BCUT2D eigenvalue weighted by Crippen LogP contribution is -2.48. The Balaban J connectivity index is 2.10. The molecule has 1 heterocycles. The number of hydrogen-bond acceptors (Lipinski definition) is 6. The lowest BCUT2D eigenvalue weighted by atomic mass is 9.79. The van der Waals surface area contributed by atoms with E-state index in [2.05, 4.69) is 0 Å². The number of cyclic esters (lactones) is 1. The van der Waals surface area contributed by atoms with Gasteiger partial charge in [0.2, 0.25) is 0 Å². The largest absolute Gasteiger partial charge is 0.466 e. The van der Waals surface area contributed by atoms with E-state index in [1.807, 2.05) is 6.92 Å². The summed E-state index contributed by atoms with van der Waals surface area (Å²) in [5.74, 6) is -1.84. The van der Waals surface area contributed by atoms with Crippen molar-refractivity contribution in [3.05, 3.63) is 0 Å². The van der Waals surface area contributed by atoms with Crippen LogP contribution in [0, 0.1) is 5.41 Å². The van der Waals surface area contributed by atoms with Crippen LogP contribution in [0.15, 0.2) is 0 Å². The maximum Gasteiger partial charge on any atom is 0.324 e. The van der Waals surface area contributed by atoms with Gasteiger partial charge in [0.25, 0.3) is 0 Å². The summed E-state index contributed by atoms with van der Waals surface area (Å²) in [6, 6.07) is 0. The molecule has 22 heavy (non-hydrogen) atoms. The van der Waals surface area contributed by atoms with E-state index in [0.29, 0.717) is 6.42 Å². The average molecular weight is 312 g/mol. The van der Waals surface area contributed by atoms with E-state index in [-0.39, 0.29) is 32.2 Å². The van der Waals surface area contributed by atoms with E-state index >= 15 is 0 Å². The summed E-state index contributed by atoms with van der Waals surface area (Å²) in [5, 5.41) is 0. The van der Waals surface area contributed by atoms with Crippen LogP contribution in [0.2, 0.25) is 0 Å². The van der Waals surface area contributed by atoms with Crippen LogP contribution >= 0.6 is 0 Å². The van der Waals surface area contributed by atoms with Crippen LogP contribution in [0.1, 0.15) is 58.3 Å². The van der Waals surface area contributed by atoms with Gasteiger partial charge in [0.15, 0.2) is 5.41 Å². The Hall–Kier alpha value is -1.59. The van der Waals surface area contributed by atoms with Crippen molar-refractivity contribution in [2.75, 3.05) is 13.2 Å². The first-order valence-electron chi connectivity index (χ1n) is 8.12. The van der Waals surface area contributed by atoms with E-state index < -0.39 is 23.3 Å². The highest BCUT2D eigenvalue weighted by atomic mass is 16.6. The Bertz CT molecular complexity index is 426. The molecular formula is C16H24O6. The molecule has 124 valence electrons. The summed E-state index contributed by atoms with van der Waals surface area (Å²) < 4.78 is 15.6. The molecule has 0 bridgehead atoms. The zero-order chi connectivity index (χ0) is 16.0. The first-order chi connectivity index (χ1) is 10.6.